The number of hydrogen-bond donors (Lipinski definition) is 1. The van der Waals surface area contributed by atoms with Crippen molar-refractivity contribution >= 4 is 49.8 Å². The molecular weight excluding hydrogens is 369 g/mol. The lowest BCUT2D eigenvalue weighted by atomic mass is 10.1. The van der Waals surface area contributed by atoms with E-state index in [9.17, 15) is 14.0 Å². The molecule has 0 bridgehead atoms. The van der Waals surface area contributed by atoms with Gasteiger partial charge in [0.1, 0.15) is 16.2 Å². The van der Waals surface area contributed by atoms with E-state index in [4.69, 9.17) is 9.47 Å². The Labute approximate surface area is 149 Å². The number of halogens is 1. The summed E-state index contributed by atoms with van der Waals surface area (Å²) in [5.41, 5.74) is 1.87. The molecule has 2 aromatic heterocycles. The van der Waals surface area contributed by atoms with E-state index in [1.807, 2.05) is 0 Å². The minimum absolute atomic E-state index is 0.0579. The molecule has 0 aliphatic heterocycles. The number of nitrogens with one attached hydrogen (secondary N) is 1. The van der Waals surface area contributed by atoms with Crippen LogP contribution in [0.5, 0.6) is 0 Å². The summed E-state index contributed by atoms with van der Waals surface area (Å²) in [7, 11) is 1.45. The fraction of sp³-hybridized carbons (Fsp3) is 0.200. The largest absolute Gasteiger partial charge is 0.451 e. The Balaban J connectivity index is 1.76. The first-order valence-electron chi connectivity index (χ1n) is 7.02. The van der Waals surface area contributed by atoms with Gasteiger partial charge in [-0.25, -0.2) is 9.18 Å². The highest BCUT2D eigenvalue weighted by Gasteiger charge is 2.22. The summed E-state index contributed by atoms with van der Waals surface area (Å²) >= 11 is 2.24. The van der Waals surface area contributed by atoms with Crippen molar-refractivity contribution in [3.05, 3.63) is 40.0 Å². The number of amides is 1. The normalized spacial score (nSPS) is 10.8. The Morgan fingerprint density at radius 2 is 2.20 bits per heavy atom. The third kappa shape index (κ3) is 3.81. The first-order chi connectivity index (χ1) is 12.1. The van der Waals surface area contributed by atoms with Gasteiger partial charge in [-0.2, -0.15) is 0 Å². The number of hydrogen-bond acceptors (Lipinski definition) is 8. The SMILES string of the molecule is COCc1c(C(=O)OCC(=O)Nc2nncs2)sc2cccc(F)c12. The zero-order valence-corrected chi connectivity index (χ0v) is 14.6. The number of anilines is 1. The van der Waals surface area contributed by atoms with Gasteiger partial charge in [-0.15, -0.1) is 21.5 Å². The Kier molecular flexibility index (Phi) is 5.31. The number of carbonyl (C=O) groups is 2. The number of thiophene rings is 1. The van der Waals surface area contributed by atoms with Gasteiger partial charge in [0, 0.05) is 22.8 Å². The van der Waals surface area contributed by atoms with Crippen molar-refractivity contribution in [3.8, 4) is 0 Å². The molecule has 0 fully saturated rings. The predicted octanol–water partition coefficient (Wildman–Crippen LogP) is 2.83. The lowest BCUT2D eigenvalue weighted by Gasteiger charge is -2.05. The number of esters is 1. The summed E-state index contributed by atoms with van der Waals surface area (Å²) in [6.07, 6.45) is 0. The second-order valence-electron chi connectivity index (χ2n) is 4.82. The van der Waals surface area contributed by atoms with Crippen LogP contribution in [0, 0.1) is 5.82 Å². The third-order valence-electron chi connectivity index (χ3n) is 3.18. The Morgan fingerprint density at radius 1 is 1.36 bits per heavy atom. The molecule has 3 aromatic rings. The quantitative estimate of drug-likeness (QED) is 0.661. The molecule has 0 atom stereocenters. The molecule has 0 saturated carbocycles. The van der Waals surface area contributed by atoms with Gasteiger partial charge < -0.3 is 9.47 Å². The molecule has 130 valence electrons. The third-order valence-corrected chi connectivity index (χ3v) is 4.96. The highest BCUT2D eigenvalue weighted by atomic mass is 32.1. The Hall–Kier alpha value is -2.43. The van der Waals surface area contributed by atoms with Gasteiger partial charge in [0.15, 0.2) is 6.61 Å². The maximum atomic E-state index is 14.1. The summed E-state index contributed by atoms with van der Waals surface area (Å²) in [5, 5.41) is 10.3. The monoisotopic (exact) mass is 381 g/mol. The summed E-state index contributed by atoms with van der Waals surface area (Å²) in [6, 6.07) is 4.59. The molecule has 25 heavy (non-hydrogen) atoms. The van der Waals surface area contributed by atoms with Crippen LogP contribution < -0.4 is 5.32 Å². The van der Waals surface area contributed by atoms with Gasteiger partial charge in [0.05, 0.1) is 6.61 Å². The van der Waals surface area contributed by atoms with Crippen LogP contribution in [-0.2, 0) is 20.9 Å². The topological polar surface area (TPSA) is 90.4 Å². The summed E-state index contributed by atoms with van der Waals surface area (Å²) in [5.74, 6) is -1.68. The molecule has 1 amide bonds. The van der Waals surface area contributed by atoms with Crippen LogP contribution in [0.4, 0.5) is 9.52 Å². The molecule has 1 aromatic carbocycles. The van der Waals surface area contributed by atoms with E-state index in [0.717, 1.165) is 22.7 Å². The van der Waals surface area contributed by atoms with Crippen LogP contribution in [0.25, 0.3) is 10.1 Å². The molecule has 10 heteroatoms. The van der Waals surface area contributed by atoms with Gasteiger partial charge in [-0.05, 0) is 12.1 Å². The maximum Gasteiger partial charge on any atom is 0.349 e. The molecule has 0 spiro atoms. The molecule has 2 heterocycles. The first kappa shape index (κ1) is 17.4. The molecule has 0 radical (unpaired) electrons. The predicted molar refractivity (Wildman–Crippen MR) is 91.3 cm³/mol. The fourth-order valence-electron chi connectivity index (χ4n) is 2.19. The van der Waals surface area contributed by atoms with Gasteiger partial charge in [-0.3, -0.25) is 10.1 Å². The molecule has 0 saturated heterocycles. The maximum absolute atomic E-state index is 14.1. The van der Waals surface area contributed by atoms with Crippen molar-refractivity contribution in [3.63, 3.8) is 0 Å². The zero-order chi connectivity index (χ0) is 17.8. The Bertz CT molecular complexity index is 911. The number of rotatable bonds is 6. The van der Waals surface area contributed by atoms with Crippen molar-refractivity contribution < 1.29 is 23.5 Å². The lowest BCUT2D eigenvalue weighted by Crippen LogP contribution is -2.21. The number of carbonyl (C=O) groups excluding carboxylic acids is 2. The zero-order valence-electron chi connectivity index (χ0n) is 12.9. The van der Waals surface area contributed by atoms with Crippen LogP contribution in [-0.4, -0.2) is 35.8 Å². The van der Waals surface area contributed by atoms with E-state index in [2.05, 4.69) is 15.5 Å². The van der Waals surface area contributed by atoms with Gasteiger partial charge in [0.2, 0.25) is 5.13 Å². The minimum atomic E-state index is -0.708. The van der Waals surface area contributed by atoms with Crippen LogP contribution in [0.3, 0.4) is 0 Å². The van der Waals surface area contributed by atoms with Crippen LogP contribution >= 0.6 is 22.7 Å². The molecule has 0 unspecified atom stereocenters. The smallest absolute Gasteiger partial charge is 0.349 e. The highest BCUT2D eigenvalue weighted by molar-refractivity contribution is 7.21. The molecule has 3 rings (SSSR count). The van der Waals surface area contributed by atoms with Crippen molar-refractivity contribution in [2.45, 2.75) is 6.61 Å². The molecular formula is C15H12FN3O4S2. The highest BCUT2D eigenvalue weighted by Crippen LogP contribution is 2.34. The second-order valence-corrected chi connectivity index (χ2v) is 6.71. The average molecular weight is 381 g/mol. The van der Waals surface area contributed by atoms with Crippen molar-refractivity contribution in [2.75, 3.05) is 19.0 Å². The van der Waals surface area contributed by atoms with Crippen molar-refractivity contribution in [1.82, 2.24) is 10.2 Å². The van der Waals surface area contributed by atoms with Crippen molar-refractivity contribution in [2.24, 2.45) is 0 Å². The minimum Gasteiger partial charge on any atom is -0.451 e. The summed E-state index contributed by atoms with van der Waals surface area (Å²) < 4.78 is 24.8. The van der Waals surface area contributed by atoms with Crippen LogP contribution in [0.1, 0.15) is 15.2 Å². The van der Waals surface area contributed by atoms with Gasteiger partial charge >= 0.3 is 5.97 Å². The van der Waals surface area contributed by atoms with E-state index in [-0.39, 0.29) is 11.5 Å². The van der Waals surface area contributed by atoms with Crippen molar-refractivity contribution in [1.29, 1.82) is 0 Å². The number of methoxy groups -OCH3 is 1. The lowest BCUT2D eigenvalue weighted by molar-refractivity contribution is -0.119. The summed E-state index contributed by atoms with van der Waals surface area (Å²) in [6.45, 7) is -0.427. The Morgan fingerprint density at radius 3 is 2.92 bits per heavy atom. The van der Waals surface area contributed by atoms with E-state index in [1.165, 1.54) is 18.7 Å². The number of nitrogens with zero attached hydrogens (tertiary/aromatic N) is 2. The van der Waals surface area contributed by atoms with E-state index < -0.39 is 24.3 Å². The first-order valence-corrected chi connectivity index (χ1v) is 8.71. The molecule has 7 nitrogen and oxygen atoms in total. The van der Waals surface area contributed by atoms with E-state index in [0.29, 0.717) is 20.8 Å². The van der Waals surface area contributed by atoms with Gasteiger partial charge in [-0.1, -0.05) is 17.4 Å². The number of fused-ring (bicyclic) bond motifs is 1. The number of aromatic nitrogens is 2. The molecule has 0 aliphatic rings. The van der Waals surface area contributed by atoms with Crippen LogP contribution in [0.15, 0.2) is 23.7 Å². The van der Waals surface area contributed by atoms with Gasteiger partial charge in [0.25, 0.3) is 5.91 Å². The van der Waals surface area contributed by atoms with E-state index >= 15 is 0 Å². The molecule has 1 N–H and O–H groups in total. The standard InChI is InChI=1S/C15H12FN3O4S2/c1-22-5-8-12-9(16)3-2-4-10(12)25-13(8)14(21)23-6-11(20)18-15-19-17-7-24-15/h2-4,7H,5-6H2,1H3,(H,18,19,20). The molecule has 0 aliphatic carbocycles. The average Bonchev–Trinajstić information content (AvgIpc) is 3.22. The van der Waals surface area contributed by atoms with Crippen LogP contribution in [0.2, 0.25) is 0 Å². The summed E-state index contributed by atoms with van der Waals surface area (Å²) in [4.78, 5) is 24.3. The van der Waals surface area contributed by atoms with E-state index in [1.54, 1.807) is 12.1 Å². The number of ether oxygens (including phenoxy) is 2. The number of benzene rings is 1. The second kappa shape index (κ2) is 7.64. The fourth-order valence-corrected chi connectivity index (χ4v) is 3.77.